The van der Waals surface area contributed by atoms with Gasteiger partial charge in [-0.1, -0.05) is 64.5 Å². The predicted molar refractivity (Wildman–Crippen MR) is 126 cm³/mol. The maximum absolute atomic E-state index is 12.7. The molecule has 0 aromatic heterocycles. The third-order valence-corrected chi connectivity index (χ3v) is 6.27. The fraction of sp³-hybridized carbons (Fsp3) is 0.154. The van der Waals surface area contributed by atoms with Crippen molar-refractivity contribution in [2.75, 3.05) is 6.54 Å². The number of carbonyl (C=O) groups excluding carboxylic acids is 3. The van der Waals surface area contributed by atoms with Crippen molar-refractivity contribution in [2.45, 2.75) is 12.8 Å². The average molecular weight is 506 g/mol. The Kier molecular flexibility index (Phi) is 6.51. The first-order valence-electron chi connectivity index (χ1n) is 10.4. The molecule has 1 N–H and O–H groups in total. The van der Waals surface area contributed by atoms with Crippen LogP contribution in [0.5, 0.6) is 0 Å². The van der Waals surface area contributed by atoms with E-state index in [1.807, 2.05) is 36.4 Å². The number of fused-ring (bicyclic) bond motifs is 1. The molecule has 0 saturated carbocycles. The van der Waals surface area contributed by atoms with Gasteiger partial charge in [0.2, 0.25) is 0 Å². The summed E-state index contributed by atoms with van der Waals surface area (Å²) in [5.74, 6) is -3.31. The van der Waals surface area contributed by atoms with E-state index in [2.05, 4.69) is 15.9 Å². The predicted octanol–water partition coefficient (Wildman–Crippen LogP) is 5.08. The molecule has 0 radical (unpaired) electrons. The number of nitrogens with zero attached hydrogens (tertiary/aromatic N) is 1. The summed E-state index contributed by atoms with van der Waals surface area (Å²) in [6, 6.07) is 21.3. The van der Waals surface area contributed by atoms with Gasteiger partial charge >= 0.3 is 5.97 Å². The number of benzene rings is 3. The lowest BCUT2D eigenvalue weighted by Crippen LogP contribution is -2.33. The zero-order valence-corrected chi connectivity index (χ0v) is 19.1. The smallest absolute Gasteiger partial charge is 0.307 e. The van der Waals surface area contributed by atoms with E-state index in [-0.39, 0.29) is 25.2 Å². The monoisotopic (exact) mass is 505 g/mol. The normalized spacial score (nSPS) is 13.7. The standard InChI is InChI=1S/C26H20BrNO5/c27-20-11-9-17(10-12-20)16-5-7-18(8-6-16)23(29)15-19(26(32)33)13-14-28-24(30)21-3-1-2-4-22(21)25(28)31/h1-12,19H,13-15H2,(H,32,33)/t19-/m1/s1. The number of aliphatic carboxylic acids is 1. The van der Waals surface area contributed by atoms with E-state index in [4.69, 9.17) is 0 Å². The van der Waals surface area contributed by atoms with Crippen LogP contribution < -0.4 is 0 Å². The number of hydrogen-bond acceptors (Lipinski definition) is 4. The maximum Gasteiger partial charge on any atom is 0.307 e. The number of rotatable bonds is 8. The van der Waals surface area contributed by atoms with Crippen LogP contribution in [0.25, 0.3) is 11.1 Å². The molecule has 166 valence electrons. The highest BCUT2D eigenvalue weighted by atomic mass is 79.9. The van der Waals surface area contributed by atoms with E-state index in [0.717, 1.165) is 20.5 Å². The summed E-state index contributed by atoms with van der Waals surface area (Å²) in [6.07, 6.45) is -0.209. The summed E-state index contributed by atoms with van der Waals surface area (Å²) in [5.41, 5.74) is 3.00. The molecule has 3 aromatic carbocycles. The van der Waals surface area contributed by atoms with E-state index in [1.54, 1.807) is 36.4 Å². The molecule has 0 spiro atoms. The van der Waals surface area contributed by atoms with Gasteiger partial charge in [-0.3, -0.25) is 24.1 Å². The van der Waals surface area contributed by atoms with Gasteiger partial charge in [-0.15, -0.1) is 0 Å². The summed E-state index contributed by atoms with van der Waals surface area (Å²) in [4.78, 5) is 50.5. The minimum Gasteiger partial charge on any atom is -0.481 e. The van der Waals surface area contributed by atoms with Crippen molar-refractivity contribution in [1.82, 2.24) is 4.90 Å². The zero-order valence-electron chi connectivity index (χ0n) is 17.5. The van der Waals surface area contributed by atoms with Crippen LogP contribution in [0.15, 0.2) is 77.3 Å². The molecule has 0 aliphatic carbocycles. The molecule has 1 heterocycles. The summed E-state index contributed by atoms with van der Waals surface area (Å²) in [6.45, 7) is -0.0565. The largest absolute Gasteiger partial charge is 0.481 e. The minimum absolute atomic E-state index is 0.00349. The molecule has 6 nitrogen and oxygen atoms in total. The SMILES string of the molecule is O=C(C[C@@H](CCN1C(=O)c2ccccc2C1=O)C(=O)O)c1ccc(-c2ccc(Br)cc2)cc1. The second kappa shape index (κ2) is 9.50. The van der Waals surface area contributed by atoms with Crippen molar-refractivity contribution in [3.05, 3.63) is 94.0 Å². The highest BCUT2D eigenvalue weighted by Gasteiger charge is 2.35. The van der Waals surface area contributed by atoms with Gasteiger partial charge in [0, 0.05) is 23.0 Å². The number of imide groups is 1. The van der Waals surface area contributed by atoms with Crippen LogP contribution in [0.4, 0.5) is 0 Å². The number of carboxylic acid groups (broad SMARTS) is 1. The van der Waals surface area contributed by atoms with E-state index in [9.17, 15) is 24.3 Å². The fourth-order valence-electron chi connectivity index (χ4n) is 3.87. The Bertz CT molecular complexity index is 1200. The summed E-state index contributed by atoms with van der Waals surface area (Å²) in [5, 5.41) is 9.62. The van der Waals surface area contributed by atoms with Crippen LogP contribution >= 0.6 is 15.9 Å². The lowest BCUT2D eigenvalue weighted by atomic mass is 9.94. The van der Waals surface area contributed by atoms with Crippen LogP contribution in [-0.2, 0) is 4.79 Å². The van der Waals surface area contributed by atoms with Crippen LogP contribution in [0.3, 0.4) is 0 Å². The average Bonchev–Trinajstić information content (AvgIpc) is 3.07. The summed E-state index contributed by atoms with van der Waals surface area (Å²) >= 11 is 3.40. The van der Waals surface area contributed by atoms with Gasteiger partial charge in [0.25, 0.3) is 11.8 Å². The first kappa shape index (κ1) is 22.6. The molecule has 3 aromatic rings. The molecule has 1 aliphatic heterocycles. The van der Waals surface area contributed by atoms with Gasteiger partial charge in [0.1, 0.15) is 0 Å². The second-order valence-corrected chi connectivity index (χ2v) is 8.76. The minimum atomic E-state index is -1.13. The van der Waals surface area contributed by atoms with Crippen LogP contribution in [-0.4, -0.2) is 40.1 Å². The van der Waals surface area contributed by atoms with Crippen molar-refractivity contribution in [3.8, 4) is 11.1 Å². The molecule has 0 fully saturated rings. The number of hydrogen-bond donors (Lipinski definition) is 1. The molecule has 0 saturated heterocycles. The molecular weight excluding hydrogens is 486 g/mol. The molecule has 33 heavy (non-hydrogen) atoms. The Balaban J connectivity index is 1.40. The second-order valence-electron chi connectivity index (χ2n) is 7.84. The molecule has 4 rings (SSSR count). The molecule has 0 unspecified atom stereocenters. The van der Waals surface area contributed by atoms with Gasteiger partial charge in [0.05, 0.1) is 17.0 Å². The topological polar surface area (TPSA) is 91.8 Å². The Morgan fingerprint density at radius 2 is 1.33 bits per heavy atom. The van der Waals surface area contributed by atoms with Crippen molar-refractivity contribution in [2.24, 2.45) is 5.92 Å². The Morgan fingerprint density at radius 1 is 0.818 bits per heavy atom. The van der Waals surface area contributed by atoms with Gasteiger partial charge in [-0.25, -0.2) is 0 Å². The molecule has 7 heteroatoms. The Labute approximate surface area is 199 Å². The highest BCUT2D eigenvalue weighted by molar-refractivity contribution is 9.10. The first-order valence-corrected chi connectivity index (χ1v) is 11.2. The number of halogens is 1. The van der Waals surface area contributed by atoms with Gasteiger partial charge in [0.15, 0.2) is 5.78 Å². The van der Waals surface area contributed by atoms with Crippen molar-refractivity contribution < 1.29 is 24.3 Å². The van der Waals surface area contributed by atoms with Crippen molar-refractivity contribution >= 4 is 39.5 Å². The van der Waals surface area contributed by atoms with Gasteiger partial charge in [-0.05, 0) is 41.8 Å². The number of carbonyl (C=O) groups is 4. The molecule has 1 aliphatic rings. The third kappa shape index (κ3) is 4.78. The summed E-state index contributed by atoms with van der Waals surface area (Å²) in [7, 11) is 0. The maximum atomic E-state index is 12.7. The molecule has 2 amide bonds. The zero-order chi connectivity index (χ0) is 23.5. The fourth-order valence-corrected chi connectivity index (χ4v) is 4.14. The summed E-state index contributed by atoms with van der Waals surface area (Å²) < 4.78 is 0.971. The number of Topliss-reactive ketones (excluding diaryl/α,β-unsaturated/α-hetero) is 1. The first-order chi connectivity index (χ1) is 15.8. The Morgan fingerprint density at radius 3 is 1.85 bits per heavy atom. The molecule has 0 bridgehead atoms. The third-order valence-electron chi connectivity index (χ3n) is 5.74. The number of carboxylic acids is 1. The lowest BCUT2D eigenvalue weighted by molar-refractivity contribution is -0.142. The van der Waals surface area contributed by atoms with Crippen LogP contribution in [0.1, 0.15) is 43.9 Å². The van der Waals surface area contributed by atoms with E-state index in [0.29, 0.717) is 16.7 Å². The van der Waals surface area contributed by atoms with E-state index < -0.39 is 23.7 Å². The van der Waals surface area contributed by atoms with E-state index in [1.165, 1.54) is 0 Å². The van der Waals surface area contributed by atoms with Crippen molar-refractivity contribution in [3.63, 3.8) is 0 Å². The van der Waals surface area contributed by atoms with Gasteiger partial charge in [-0.2, -0.15) is 0 Å². The molecule has 1 atom stereocenters. The highest BCUT2D eigenvalue weighted by Crippen LogP contribution is 2.25. The van der Waals surface area contributed by atoms with Crippen molar-refractivity contribution in [1.29, 1.82) is 0 Å². The number of ketones is 1. The molecular formula is C26H20BrNO5. The quantitative estimate of drug-likeness (QED) is 0.340. The Hall–Kier alpha value is -3.58. The van der Waals surface area contributed by atoms with E-state index >= 15 is 0 Å². The van der Waals surface area contributed by atoms with Gasteiger partial charge < -0.3 is 5.11 Å². The lowest BCUT2D eigenvalue weighted by Gasteiger charge is -2.17. The van der Waals surface area contributed by atoms with Crippen LogP contribution in [0.2, 0.25) is 0 Å². The number of amides is 2. The van der Waals surface area contributed by atoms with Crippen LogP contribution in [0, 0.1) is 5.92 Å².